The molecule has 0 amide bonds. The quantitative estimate of drug-likeness (QED) is 0.818. The van der Waals surface area contributed by atoms with Crippen LogP contribution in [0, 0.1) is 5.92 Å². The van der Waals surface area contributed by atoms with Crippen LogP contribution in [0.15, 0.2) is 36.5 Å². The van der Waals surface area contributed by atoms with Crippen LogP contribution in [-0.2, 0) is 6.42 Å². The van der Waals surface area contributed by atoms with Crippen molar-refractivity contribution in [2.24, 2.45) is 5.92 Å². The largest absolute Gasteiger partial charge is 0.317 e. The van der Waals surface area contributed by atoms with Crippen LogP contribution in [0.25, 0.3) is 10.9 Å². The lowest BCUT2D eigenvalue weighted by Gasteiger charge is -2.22. The Morgan fingerprint density at radius 2 is 2.00 bits per heavy atom. The van der Waals surface area contributed by atoms with Gasteiger partial charge in [-0.15, -0.1) is 0 Å². The van der Waals surface area contributed by atoms with Gasteiger partial charge in [-0.2, -0.15) is 0 Å². The molecule has 3 heteroatoms. The molecule has 1 aromatic heterocycles. The van der Waals surface area contributed by atoms with Gasteiger partial charge in [0.2, 0.25) is 0 Å². The molecule has 2 heterocycles. The molecule has 1 aliphatic heterocycles. The number of nitrogens with zero attached hydrogens (tertiary/aromatic N) is 1. The van der Waals surface area contributed by atoms with Gasteiger partial charge in [0.05, 0.1) is 5.52 Å². The third-order valence-electron chi connectivity index (χ3n) is 4.18. The van der Waals surface area contributed by atoms with Crippen molar-refractivity contribution in [3.05, 3.63) is 42.1 Å². The van der Waals surface area contributed by atoms with E-state index in [1.54, 1.807) is 0 Å². The molecular formula is C17H23N3. The van der Waals surface area contributed by atoms with E-state index in [4.69, 9.17) is 0 Å². The van der Waals surface area contributed by atoms with E-state index >= 15 is 0 Å². The van der Waals surface area contributed by atoms with E-state index in [0.29, 0.717) is 0 Å². The molecule has 2 N–H and O–H groups in total. The van der Waals surface area contributed by atoms with Gasteiger partial charge in [0, 0.05) is 11.6 Å². The minimum Gasteiger partial charge on any atom is -0.317 e. The van der Waals surface area contributed by atoms with Crippen molar-refractivity contribution >= 4 is 10.9 Å². The van der Waals surface area contributed by atoms with Gasteiger partial charge in [-0.05, 0) is 63.0 Å². The summed E-state index contributed by atoms with van der Waals surface area (Å²) < 4.78 is 0. The highest BCUT2D eigenvalue weighted by Crippen LogP contribution is 2.16. The molecule has 20 heavy (non-hydrogen) atoms. The van der Waals surface area contributed by atoms with E-state index in [1.807, 2.05) is 12.3 Å². The molecule has 0 spiro atoms. The Kier molecular flexibility index (Phi) is 4.61. The van der Waals surface area contributed by atoms with Crippen LogP contribution in [0.5, 0.6) is 0 Å². The molecule has 0 unspecified atom stereocenters. The highest BCUT2D eigenvalue weighted by Gasteiger charge is 2.11. The molecule has 1 saturated heterocycles. The van der Waals surface area contributed by atoms with E-state index in [9.17, 15) is 0 Å². The molecule has 0 bridgehead atoms. The summed E-state index contributed by atoms with van der Waals surface area (Å²) in [5, 5.41) is 8.27. The molecule has 106 valence electrons. The Morgan fingerprint density at radius 1 is 1.15 bits per heavy atom. The average Bonchev–Trinajstić information content (AvgIpc) is 2.53. The Labute approximate surface area is 120 Å². The van der Waals surface area contributed by atoms with Crippen molar-refractivity contribution in [3.8, 4) is 0 Å². The van der Waals surface area contributed by atoms with Crippen LogP contribution in [-0.4, -0.2) is 31.2 Å². The van der Waals surface area contributed by atoms with Gasteiger partial charge in [-0.3, -0.25) is 4.98 Å². The summed E-state index contributed by atoms with van der Waals surface area (Å²) in [6.07, 6.45) is 5.55. The maximum Gasteiger partial charge on any atom is 0.0734 e. The van der Waals surface area contributed by atoms with Gasteiger partial charge >= 0.3 is 0 Å². The van der Waals surface area contributed by atoms with Crippen LogP contribution < -0.4 is 10.6 Å². The number of nitrogens with one attached hydrogen (secondary N) is 2. The van der Waals surface area contributed by atoms with Gasteiger partial charge < -0.3 is 10.6 Å². The number of benzene rings is 1. The number of para-hydroxylation sites is 1. The molecule has 0 radical (unpaired) electrons. The second-order valence-electron chi connectivity index (χ2n) is 5.64. The lowest BCUT2D eigenvalue weighted by molar-refractivity contribution is 0.358. The zero-order chi connectivity index (χ0) is 13.6. The van der Waals surface area contributed by atoms with Gasteiger partial charge in [-0.25, -0.2) is 0 Å². The minimum absolute atomic E-state index is 0.849. The van der Waals surface area contributed by atoms with Crippen molar-refractivity contribution in [2.75, 3.05) is 26.2 Å². The number of aromatic nitrogens is 1. The van der Waals surface area contributed by atoms with Crippen LogP contribution in [0.4, 0.5) is 0 Å². The summed E-state index contributed by atoms with van der Waals surface area (Å²) in [7, 11) is 0. The lowest BCUT2D eigenvalue weighted by atomic mass is 9.98. The maximum atomic E-state index is 4.51. The summed E-state index contributed by atoms with van der Waals surface area (Å²) in [5.74, 6) is 0.849. The van der Waals surface area contributed by atoms with E-state index in [0.717, 1.165) is 30.9 Å². The van der Waals surface area contributed by atoms with E-state index in [-0.39, 0.29) is 0 Å². The number of hydrogen-bond acceptors (Lipinski definition) is 3. The first kappa shape index (κ1) is 13.5. The predicted octanol–water partition coefficient (Wildman–Crippen LogP) is 2.37. The molecule has 2 aromatic rings. The van der Waals surface area contributed by atoms with Crippen LogP contribution in [0.3, 0.4) is 0 Å². The van der Waals surface area contributed by atoms with E-state index in [1.165, 1.54) is 36.9 Å². The van der Waals surface area contributed by atoms with Gasteiger partial charge in [0.25, 0.3) is 0 Å². The third-order valence-corrected chi connectivity index (χ3v) is 4.18. The Balaban J connectivity index is 1.52. The van der Waals surface area contributed by atoms with E-state index < -0.39 is 0 Å². The summed E-state index contributed by atoms with van der Waals surface area (Å²) in [5.41, 5.74) is 2.50. The molecule has 1 aliphatic rings. The molecular weight excluding hydrogens is 246 g/mol. The number of fused-ring (bicyclic) bond motifs is 1. The van der Waals surface area contributed by atoms with Crippen molar-refractivity contribution in [1.82, 2.24) is 15.6 Å². The van der Waals surface area contributed by atoms with Crippen LogP contribution in [0.1, 0.15) is 18.4 Å². The molecule has 0 atom stereocenters. The van der Waals surface area contributed by atoms with E-state index in [2.05, 4.69) is 39.9 Å². The highest BCUT2D eigenvalue weighted by molar-refractivity contribution is 5.81. The smallest absolute Gasteiger partial charge is 0.0734 e. The standard InChI is InChI=1S/C17H23N3/c1-3-15-5-2-9-20-17(15)16(4-1)8-12-19-13-14-6-10-18-11-7-14/h1-5,9,14,18-19H,6-8,10-13H2. The summed E-state index contributed by atoms with van der Waals surface area (Å²) in [6.45, 7) is 4.55. The predicted molar refractivity (Wildman–Crippen MR) is 83.9 cm³/mol. The van der Waals surface area contributed by atoms with Gasteiger partial charge in [-0.1, -0.05) is 24.3 Å². The Bertz CT molecular complexity index is 541. The second kappa shape index (κ2) is 6.82. The Morgan fingerprint density at radius 3 is 2.90 bits per heavy atom. The van der Waals surface area contributed by atoms with Crippen molar-refractivity contribution < 1.29 is 0 Å². The minimum atomic E-state index is 0.849. The molecule has 0 aliphatic carbocycles. The molecule has 1 fully saturated rings. The normalized spacial score (nSPS) is 16.6. The summed E-state index contributed by atoms with van der Waals surface area (Å²) in [6, 6.07) is 10.6. The monoisotopic (exact) mass is 269 g/mol. The van der Waals surface area contributed by atoms with Crippen LogP contribution in [0.2, 0.25) is 0 Å². The number of hydrogen-bond donors (Lipinski definition) is 2. The van der Waals surface area contributed by atoms with Crippen LogP contribution >= 0.6 is 0 Å². The molecule has 3 rings (SSSR count). The third kappa shape index (κ3) is 3.35. The topological polar surface area (TPSA) is 37.0 Å². The van der Waals surface area contributed by atoms with Crippen molar-refractivity contribution in [3.63, 3.8) is 0 Å². The molecule has 0 saturated carbocycles. The fourth-order valence-corrected chi connectivity index (χ4v) is 2.98. The zero-order valence-corrected chi connectivity index (χ0v) is 11.9. The summed E-state index contributed by atoms with van der Waals surface area (Å²) in [4.78, 5) is 4.51. The zero-order valence-electron chi connectivity index (χ0n) is 11.9. The molecule has 3 nitrogen and oxygen atoms in total. The maximum absolute atomic E-state index is 4.51. The fourth-order valence-electron chi connectivity index (χ4n) is 2.98. The first-order valence-corrected chi connectivity index (χ1v) is 7.67. The SMILES string of the molecule is c1cnc2c(CCNCC3CCNCC3)cccc2c1. The number of rotatable bonds is 5. The summed E-state index contributed by atoms with van der Waals surface area (Å²) >= 11 is 0. The van der Waals surface area contributed by atoms with Gasteiger partial charge in [0.1, 0.15) is 0 Å². The first-order valence-electron chi connectivity index (χ1n) is 7.67. The average molecular weight is 269 g/mol. The lowest BCUT2D eigenvalue weighted by Crippen LogP contribution is -2.34. The second-order valence-corrected chi connectivity index (χ2v) is 5.64. The van der Waals surface area contributed by atoms with Crippen molar-refractivity contribution in [2.45, 2.75) is 19.3 Å². The molecule has 1 aromatic carbocycles. The highest BCUT2D eigenvalue weighted by atomic mass is 14.9. The first-order chi connectivity index (χ1) is 9.93. The van der Waals surface area contributed by atoms with Crippen molar-refractivity contribution in [1.29, 1.82) is 0 Å². The van der Waals surface area contributed by atoms with Gasteiger partial charge in [0.15, 0.2) is 0 Å². The number of pyridine rings is 1. The Hall–Kier alpha value is -1.45. The number of piperidine rings is 1. The fraction of sp³-hybridized carbons (Fsp3) is 0.471.